The fourth-order valence-corrected chi connectivity index (χ4v) is 3.12. The van der Waals surface area contributed by atoms with Crippen molar-refractivity contribution in [1.82, 2.24) is 14.9 Å². The summed E-state index contributed by atoms with van der Waals surface area (Å²) in [7, 11) is 1.65. The van der Waals surface area contributed by atoms with Crippen LogP contribution in [0.25, 0.3) is 10.2 Å². The van der Waals surface area contributed by atoms with Crippen molar-refractivity contribution in [3.63, 3.8) is 0 Å². The molecule has 2 rings (SSSR count). The molecule has 104 valence electrons. The molecular formula is C12H12N4O2S2. The second-order valence-corrected chi connectivity index (χ2v) is 5.88. The van der Waals surface area contributed by atoms with Gasteiger partial charge in [0.25, 0.3) is 5.56 Å². The molecule has 0 radical (unpaired) electrons. The van der Waals surface area contributed by atoms with Crippen LogP contribution < -0.4 is 5.56 Å². The van der Waals surface area contributed by atoms with E-state index in [2.05, 4.69) is 9.97 Å². The van der Waals surface area contributed by atoms with E-state index in [0.717, 1.165) is 0 Å². The minimum atomic E-state index is -0.191. The van der Waals surface area contributed by atoms with E-state index in [9.17, 15) is 9.59 Å². The molecule has 2 aromatic heterocycles. The Labute approximate surface area is 123 Å². The molecule has 6 nitrogen and oxygen atoms in total. The van der Waals surface area contributed by atoms with Crippen LogP contribution in [0.4, 0.5) is 0 Å². The molecule has 0 saturated heterocycles. The number of aromatic amines is 1. The standard InChI is InChI=1S/C12H12N4O2S2/c1-16(5-2-4-13)9(17)7-20-12-14-10(18)8-3-6-19-11(8)15-12/h3,6H,2,5,7H2,1H3,(H,14,15,18). The van der Waals surface area contributed by atoms with E-state index in [1.807, 2.05) is 11.4 Å². The first-order valence-corrected chi connectivity index (χ1v) is 7.69. The van der Waals surface area contributed by atoms with Crippen LogP contribution in [0.15, 0.2) is 21.4 Å². The zero-order valence-corrected chi connectivity index (χ0v) is 12.4. The van der Waals surface area contributed by atoms with Crippen molar-refractivity contribution in [2.45, 2.75) is 11.6 Å². The highest BCUT2D eigenvalue weighted by molar-refractivity contribution is 7.99. The predicted octanol–water partition coefficient (Wildman–Crippen LogP) is 1.45. The third kappa shape index (κ3) is 3.37. The Hall–Kier alpha value is -1.85. The van der Waals surface area contributed by atoms with Gasteiger partial charge in [-0.2, -0.15) is 5.26 Å². The highest BCUT2D eigenvalue weighted by atomic mass is 32.2. The number of thioether (sulfide) groups is 1. The molecule has 0 unspecified atom stereocenters. The molecule has 0 atom stereocenters. The SMILES string of the molecule is CN(CCC#N)C(=O)CSc1nc2sccc2c(=O)[nH]1. The molecule has 0 aliphatic rings. The summed E-state index contributed by atoms with van der Waals surface area (Å²) in [6.45, 7) is 0.407. The Balaban J connectivity index is 2.00. The van der Waals surface area contributed by atoms with Gasteiger partial charge in [0.15, 0.2) is 5.16 Å². The van der Waals surface area contributed by atoms with E-state index in [4.69, 9.17) is 5.26 Å². The summed E-state index contributed by atoms with van der Waals surface area (Å²) < 4.78 is 0. The second kappa shape index (κ2) is 6.54. The Kier molecular flexibility index (Phi) is 4.76. The number of nitriles is 1. The average Bonchev–Trinajstić information content (AvgIpc) is 2.91. The van der Waals surface area contributed by atoms with Crippen molar-refractivity contribution >= 4 is 39.2 Å². The quantitative estimate of drug-likeness (QED) is 0.667. The summed E-state index contributed by atoms with van der Waals surface area (Å²) in [5.74, 6) is 0.0843. The van der Waals surface area contributed by atoms with Gasteiger partial charge < -0.3 is 9.88 Å². The number of carbonyl (C=O) groups is 1. The molecule has 0 spiro atoms. The van der Waals surface area contributed by atoms with Crippen LogP contribution in [0, 0.1) is 11.3 Å². The number of thiophene rings is 1. The Bertz CT molecular complexity index is 716. The van der Waals surface area contributed by atoms with E-state index in [0.29, 0.717) is 28.3 Å². The number of hydrogen-bond donors (Lipinski definition) is 1. The monoisotopic (exact) mass is 308 g/mol. The van der Waals surface area contributed by atoms with Gasteiger partial charge in [-0.1, -0.05) is 11.8 Å². The summed E-state index contributed by atoms with van der Waals surface area (Å²) in [5, 5.41) is 11.3. The Morgan fingerprint density at radius 3 is 3.20 bits per heavy atom. The van der Waals surface area contributed by atoms with Crippen LogP contribution in [0.2, 0.25) is 0 Å². The number of carbonyl (C=O) groups excluding carboxylic acids is 1. The first-order valence-electron chi connectivity index (χ1n) is 5.83. The van der Waals surface area contributed by atoms with Crippen LogP contribution in [-0.4, -0.2) is 40.1 Å². The maximum Gasteiger partial charge on any atom is 0.260 e. The maximum atomic E-state index is 11.8. The zero-order chi connectivity index (χ0) is 14.5. The third-order valence-electron chi connectivity index (χ3n) is 2.63. The largest absolute Gasteiger partial charge is 0.344 e. The molecule has 2 aromatic rings. The van der Waals surface area contributed by atoms with Crippen LogP contribution in [0.5, 0.6) is 0 Å². The lowest BCUT2D eigenvalue weighted by atomic mass is 10.4. The van der Waals surface area contributed by atoms with Gasteiger partial charge in [-0.25, -0.2) is 4.98 Å². The van der Waals surface area contributed by atoms with E-state index in [1.165, 1.54) is 28.0 Å². The molecule has 0 fully saturated rings. The van der Waals surface area contributed by atoms with Crippen molar-refractivity contribution in [1.29, 1.82) is 5.26 Å². The lowest BCUT2D eigenvalue weighted by molar-refractivity contribution is -0.127. The van der Waals surface area contributed by atoms with Gasteiger partial charge in [-0.3, -0.25) is 9.59 Å². The van der Waals surface area contributed by atoms with Crippen molar-refractivity contribution in [2.75, 3.05) is 19.3 Å². The Morgan fingerprint density at radius 1 is 1.65 bits per heavy atom. The molecule has 0 aliphatic heterocycles. The fourth-order valence-electron chi connectivity index (χ4n) is 1.50. The number of amides is 1. The molecular weight excluding hydrogens is 296 g/mol. The van der Waals surface area contributed by atoms with Crippen LogP contribution in [0.3, 0.4) is 0 Å². The lowest BCUT2D eigenvalue weighted by Crippen LogP contribution is -2.29. The van der Waals surface area contributed by atoms with E-state index in [1.54, 1.807) is 13.1 Å². The number of aromatic nitrogens is 2. The highest BCUT2D eigenvalue weighted by Crippen LogP contribution is 2.18. The smallest absolute Gasteiger partial charge is 0.260 e. The summed E-state index contributed by atoms with van der Waals surface area (Å²) in [6.07, 6.45) is 0.309. The second-order valence-electron chi connectivity index (χ2n) is 4.02. The Morgan fingerprint density at radius 2 is 2.45 bits per heavy atom. The van der Waals surface area contributed by atoms with Gasteiger partial charge in [-0.15, -0.1) is 11.3 Å². The zero-order valence-electron chi connectivity index (χ0n) is 10.8. The minimum Gasteiger partial charge on any atom is -0.344 e. The van der Waals surface area contributed by atoms with E-state index in [-0.39, 0.29) is 17.2 Å². The molecule has 2 heterocycles. The highest BCUT2D eigenvalue weighted by Gasteiger charge is 2.11. The predicted molar refractivity (Wildman–Crippen MR) is 78.8 cm³/mol. The fraction of sp³-hybridized carbons (Fsp3) is 0.333. The van der Waals surface area contributed by atoms with Crippen molar-refractivity contribution < 1.29 is 4.79 Å². The van der Waals surface area contributed by atoms with Gasteiger partial charge in [0, 0.05) is 13.6 Å². The number of fused-ring (bicyclic) bond motifs is 1. The normalized spacial score (nSPS) is 10.4. The maximum absolute atomic E-state index is 11.8. The van der Waals surface area contributed by atoms with Gasteiger partial charge in [0.05, 0.1) is 23.6 Å². The first kappa shape index (κ1) is 14.6. The van der Waals surface area contributed by atoms with Crippen LogP contribution >= 0.6 is 23.1 Å². The number of nitrogens with zero attached hydrogens (tertiary/aromatic N) is 3. The molecule has 0 bridgehead atoms. The van der Waals surface area contributed by atoms with Gasteiger partial charge >= 0.3 is 0 Å². The average molecular weight is 308 g/mol. The van der Waals surface area contributed by atoms with Crippen molar-refractivity contribution in [2.24, 2.45) is 0 Å². The molecule has 20 heavy (non-hydrogen) atoms. The molecule has 8 heteroatoms. The van der Waals surface area contributed by atoms with E-state index < -0.39 is 0 Å². The number of hydrogen-bond acceptors (Lipinski definition) is 6. The van der Waals surface area contributed by atoms with E-state index >= 15 is 0 Å². The summed E-state index contributed by atoms with van der Waals surface area (Å²) >= 11 is 2.58. The van der Waals surface area contributed by atoms with Crippen LogP contribution in [-0.2, 0) is 4.79 Å². The molecule has 1 N–H and O–H groups in total. The molecule has 0 saturated carbocycles. The summed E-state index contributed by atoms with van der Waals surface area (Å²) in [4.78, 5) is 32.7. The minimum absolute atomic E-state index is 0.0980. The molecule has 1 amide bonds. The third-order valence-corrected chi connectivity index (χ3v) is 4.29. The molecule has 0 aromatic carbocycles. The summed E-state index contributed by atoms with van der Waals surface area (Å²) in [5.41, 5.74) is -0.191. The molecule has 0 aliphatic carbocycles. The van der Waals surface area contributed by atoms with Gasteiger partial charge in [0.1, 0.15) is 4.83 Å². The van der Waals surface area contributed by atoms with Crippen molar-refractivity contribution in [3.8, 4) is 6.07 Å². The number of H-pyrrole nitrogens is 1. The van der Waals surface area contributed by atoms with Crippen molar-refractivity contribution in [3.05, 3.63) is 21.8 Å². The number of rotatable bonds is 5. The number of nitrogens with one attached hydrogen (secondary N) is 1. The lowest BCUT2D eigenvalue weighted by Gasteiger charge is -2.14. The topological polar surface area (TPSA) is 89.8 Å². The van der Waals surface area contributed by atoms with Gasteiger partial charge in [-0.05, 0) is 11.4 Å². The van der Waals surface area contributed by atoms with Gasteiger partial charge in [0.2, 0.25) is 5.91 Å². The summed E-state index contributed by atoms with van der Waals surface area (Å²) in [6, 6.07) is 3.72. The van der Waals surface area contributed by atoms with Crippen LogP contribution in [0.1, 0.15) is 6.42 Å². The first-order chi connectivity index (χ1) is 9.61.